The largest absolute Gasteiger partial charge is 0.478 e. The first-order valence-electron chi connectivity index (χ1n) is 6.15. The normalized spacial score (nSPS) is 13.6. The van der Waals surface area contributed by atoms with E-state index >= 15 is 0 Å². The maximum Gasteiger partial charge on any atom is 0.449 e. The van der Waals surface area contributed by atoms with E-state index in [2.05, 4.69) is 4.98 Å². The van der Waals surface area contributed by atoms with Crippen molar-refractivity contribution in [2.75, 3.05) is 6.61 Å². The molecule has 8 heteroatoms. The maximum absolute atomic E-state index is 13.0. The topological polar surface area (TPSA) is 75.3 Å². The minimum Gasteiger partial charge on any atom is -0.478 e. The Kier molecular flexibility index (Phi) is 3.91. The maximum atomic E-state index is 13.0. The Labute approximate surface area is 117 Å². The number of nitrogens with zero attached hydrogens (tertiary/aromatic N) is 2. The van der Waals surface area contributed by atoms with Crippen LogP contribution in [0.4, 0.5) is 13.2 Å². The quantitative estimate of drug-likeness (QED) is 0.909. The molecular formula is C13H13F3N2O3. The summed E-state index contributed by atoms with van der Waals surface area (Å²) in [6.07, 6.45) is -4.66. The molecule has 2 rings (SSSR count). The number of carboxylic acids is 1. The van der Waals surface area contributed by atoms with Gasteiger partial charge < -0.3 is 14.8 Å². The first kappa shape index (κ1) is 15.3. The minimum atomic E-state index is -4.66. The van der Waals surface area contributed by atoms with Gasteiger partial charge in [0.2, 0.25) is 5.82 Å². The van der Waals surface area contributed by atoms with E-state index in [0.717, 1.165) is 10.6 Å². The highest BCUT2D eigenvalue weighted by atomic mass is 19.4. The molecule has 1 heterocycles. The second-order valence-corrected chi connectivity index (χ2v) is 4.84. The molecule has 0 aliphatic heterocycles. The van der Waals surface area contributed by atoms with E-state index in [1.807, 2.05) is 0 Å². The molecule has 21 heavy (non-hydrogen) atoms. The Morgan fingerprint density at radius 3 is 2.62 bits per heavy atom. The molecule has 0 spiro atoms. The van der Waals surface area contributed by atoms with Gasteiger partial charge in [0, 0.05) is 13.2 Å². The number of carbonyl (C=O) groups is 1. The first-order valence-corrected chi connectivity index (χ1v) is 6.15. The van der Waals surface area contributed by atoms with E-state index in [1.165, 1.54) is 12.1 Å². The van der Waals surface area contributed by atoms with Crippen molar-refractivity contribution in [3.8, 4) is 0 Å². The summed E-state index contributed by atoms with van der Waals surface area (Å²) < 4.78 is 40.0. The number of fused-ring (bicyclic) bond motifs is 1. The molecule has 2 aromatic rings. The number of aromatic carboxylic acids is 1. The lowest BCUT2D eigenvalue weighted by molar-refractivity contribution is -0.147. The summed E-state index contributed by atoms with van der Waals surface area (Å²) in [7, 11) is 0. The smallest absolute Gasteiger partial charge is 0.449 e. The Balaban J connectivity index is 2.67. The van der Waals surface area contributed by atoms with Crippen molar-refractivity contribution >= 4 is 17.0 Å². The summed E-state index contributed by atoms with van der Waals surface area (Å²) >= 11 is 0. The molecule has 0 amide bonds. The lowest BCUT2D eigenvalue weighted by atomic mass is 10.1. The molecule has 0 saturated heterocycles. The van der Waals surface area contributed by atoms with Crippen molar-refractivity contribution in [1.29, 1.82) is 0 Å². The van der Waals surface area contributed by atoms with Crippen molar-refractivity contribution in [1.82, 2.24) is 9.55 Å². The average Bonchev–Trinajstić information content (AvgIpc) is 2.76. The second-order valence-electron chi connectivity index (χ2n) is 4.84. The number of hydrogen-bond donors (Lipinski definition) is 2. The van der Waals surface area contributed by atoms with Crippen LogP contribution in [0.3, 0.4) is 0 Å². The fourth-order valence-electron chi connectivity index (χ4n) is 2.03. The standard InChI is InChI=1S/C13H13F3N2O3/c1-7(6-19)5-18-10-4-8(11(20)21)2-3-9(10)17-12(18)13(14,15)16/h2-4,7,19H,5-6H2,1H3,(H,20,21). The lowest BCUT2D eigenvalue weighted by Gasteiger charge is -2.14. The van der Waals surface area contributed by atoms with Gasteiger partial charge in [-0.15, -0.1) is 0 Å². The molecule has 1 aromatic heterocycles. The van der Waals surface area contributed by atoms with Crippen LogP contribution in [0.2, 0.25) is 0 Å². The van der Waals surface area contributed by atoms with Gasteiger partial charge in [-0.25, -0.2) is 9.78 Å². The third-order valence-corrected chi connectivity index (χ3v) is 3.05. The summed E-state index contributed by atoms with van der Waals surface area (Å²) in [5.74, 6) is -2.74. The van der Waals surface area contributed by atoms with Gasteiger partial charge in [-0.2, -0.15) is 13.2 Å². The summed E-state index contributed by atoms with van der Waals surface area (Å²) in [5, 5.41) is 18.0. The fraction of sp³-hybridized carbons (Fsp3) is 0.385. The molecule has 2 N–H and O–H groups in total. The molecular weight excluding hydrogens is 289 g/mol. The van der Waals surface area contributed by atoms with Crippen LogP contribution in [0.5, 0.6) is 0 Å². The van der Waals surface area contributed by atoms with E-state index in [-0.39, 0.29) is 29.7 Å². The van der Waals surface area contributed by atoms with Gasteiger partial charge in [0.1, 0.15) is 0 Å². The van der Waals surface area contributed by atoms with Gasteiger partial charge in [-0.1, -0.05) is 6.92 Å². The van der Waals surface area contributed by atoms with Crippen LogP contribution in [0.25, 0.3) is 11.0 Å². The van der Waals surface area contributed by atoms with Crippen LogP contribution < -0.4 is 0 Å². The van der Waals surface area contributed by atoms with Gasteiger partial charge in [-0.3, -0.25) is 0 Å². The third-order valence-electron chi connectivity index (χ3n) is 3.05. The molecule has 0 bridgehead atoms. The zero-order chi connectivity index (χ0) is 15.8. The van der Waals surface area contributed by atoms with Gasteiger partial charge >= 0.3 is 12.1 Å². The molecule has 0 saturated carbocycles. The average molecular weight is 302 g/mol. The number of benzene rings is 1. The van der Waals surface area contributed by atoms with Crippen molar-refractivity contribution in [2.45, 2.75) is 19.6 Å². The second kappa shape index (κ2) is 5.36. The SMILES string of the molecule is CC(CO)Cn1c(C(F)(F)F)nc2ccc(C(=O)O)cc21. The molecule has 1 atom stereocenters. The van der Waals surface area contributed by atoms with E-state index in [9.17, 15) is 18.0 Å². The highest BCUT2D eigenvalue weighted by molar-refractivity contribution is 5.92. The van der Waals surface area contributed by atoms with Gasteiger partial charge in [0.15, 0.2) is 0 Å². The Morgan fingerprint density at radius 2 is 2.10 bits per heavy atom. The van der Waals surface area contributed by atoms with Crippen molar-refractivity contribution in [3.05, 3.63) is 29.6 Å². The number of aromatic nitrogens is 2. The number of aliphatic hydroxyl groups is 1. The van der Waals surface area contributed by atoms with Crippen LogP contribution >= 0.6 is 0 Å². The number of halogens is 3. The number of rotatable bonds is 4. The summed E-state index contributed by atoms with van der Waals surface area (Å²) in [4.78, 5) is 14.5. The zero-order valence-electron chi connectivity index (χ0n) is 11.1. The summed E-state index contributed by atoms with van der Waals surface area (Å²) in [6, 6.07) is 3.61. The van der Waals surface area contributed by atoms with Crippen molar-refractivity contribution in [3.63, 3.8) is 0 Å². The Hall–Kier alpha value is -2.09. The van der Waals surface area contributed by atoms with Crippen molar-refractivity contribution in [2.24, 2.45) is 5.92 Å². The predicted octanol–water partition coefficient (Wildman–Crippen LogP) is 2.38. The number of imidazole rings is 1. The Morgan fingerprint density at radius 1 is 1.43 bits per heavy atom. The van der Waals surface area contributed by atoms with Gasteiger partial charge in [0.05, 0.1) is 16.6 Å². The fourth-order valence-corrected chi connectivity index (χ4v) is 2.03. The van der Waals surface area contributed by atoms with E-state index in [0.29, 0.717) is 0 Å². The minimum absolute atomic E-state index is 0.0671. The van der Waals surface area contributed by atoms with Crippen LogP contribution in [0.15, 0.2) is 18.2 Å². The van der Waals surface area contributed by atoms with Crippen LogP contribution in [-0.4, -0.2) is 32.3 Å². The van der Waals surface area contributed by atoms with Gasteiger partial charge in [0.25, 0.3) is 0 Å². The molecule has 0 aliphatic carbocycles. The Bertz CT molecular complexity index is 679. The van der Waals surface area contributed by atoms with Gasteiger partial charge in [-0.05, 0) is 24.1 Å². The van der Waals surface area contributed by atoms with Crippen molar-refractivity contribution < 1.29 is 28.2 Å². The molecule has 0 aliphatic rings. The van der Waals surface area contributed by atoms with E-state index in [1.54, 1.807) is 6.92 Å². The number of carboxylic acid groups (broad SMARTS) is 1. The predicted molar refractivity (Wildman–Crippen MR) is 67.9 cm³/mol. The third kappa shape index (κ3) is 2.99. The van der Waals surface area contributed by atoms with E-state index in [4.69, 9.17) is 10.2 Å². The summed E-state index contributed by atoms with van der Waals surface area (Å²) in [5.41, 5.74) is 0.0361. The highest BCUT2D eigenvalue weighted by Gasteiger charge is 2.37. The first-order chi connectivity index (χ1) is 9.74. The zero-order valence-corrected chi connectivity index (χ0v) is 11.1. The number of alkyl halides is 3. The lowest BCUT2D eigenvalue weighted by Crippen LogP contribution is -2.19. The number of aliphatic hydroxyl groups excluding tert-OH is 1. The van der Waals surface area contributed by atoms with Crippen LogP contribution in [0.1, 0.15) is 23.1 Å². The van der Waals surface area contributed by atoms with E-state index < -0.39 is 23.9 Å². The monoisotopic (exact) mass is 302 g/mol. The van der Waals surface area contributed by atoms with Crippen LogP contribution in [0, 0.1) is 5.92 Å². The summed E-state index contributed by atoms with van der Waals surface area (Å²) in [6.45, 7) is 1.20. The molecule has 0 radical (unpaired) electrons. The molecule has 1 aromatic carbocycles. The molecule has 5 nitrogen and oxygen atoms in total. The molecule has 1 unspecified atom stereocenters. The molecule has 0 fully saturated rings. The molecule has 114 valence electrons. The van der Waals surface area contributed by atoms with Crippen LogP contribution in [-0.2, 0) is 12.7 Å². The number of hydrogen-bond acceptors (Lipinski definition) is 3. The highest BCUT2D eigenvalue weighted by Crippen LogP contribution is 2.32.